The summed E-state index contributed by atoms with van der Waals surface area (Å²) in [5.41, 5.74) is 1.22. The number of benzene rings is 1. The second kappa shape index (κ2) is 8.79. The maximum Gasteiger partial charge on any atom is 0.309 e. The number of rotatable bonds is 5. The lowest BCUT2D eigenvalue weighted by molar-refractivity contribution is -0.157. The molecule has 1 fully saturated rings. The minimum atomic E-state index is -1.09. The van der Waals surface area contributed by atoms with Crippen molar-refractivity contribution in [2.75, 3.05) is 12.4 Å². The van der Waals surface area contributed by atoms with Crippen molar-refractivity contribution in [3.8, 4) is 10.4 Å². The fourth-order valence-electron chi connectivity index (χ4n) is 4.63. The molecule has 1 aliphatic carbocycles. The first-order valence-corrected chi connectivity index (χ1v) is 11.5. The van der Waals surface area contributed by atoms with Gasteiger partial charge < -0.3 is 15.2 Å². The van der Waals surface area contributed by atoms with Gasteiger partial charge in [-0.3, -0.25) is 4.79 Å². The maximum absolute atomic E-state index is 13.1. The number of methoxy groups -OCH3 is 1. The van der Waals surface area contributed by atoms with Crippen LogP contribution in [0.5, 0.6) is 0 Å². The summed E-state index contributed by atoms with van der Waals surface area (Å²) >= 11 is 1.45. The van der Waals surface area contributed by atoms with Crippen molar-refractivity contribution >= 4 is 28.9 Å². The Morgan fingerprint density at radius 2 is 1.94 bits per heavy atom. The summed E-state index contributed by atoms with van der Waals surface area (Å²) in [6.07, 6.45) is 5.41. The van der Waals surface area contributed by atoms with E-state index in [9.17, 15) is 14.3 Å². The number of halogens is 1. The Hall–Kier alpha value is -2.91. The Kier molecular flexibility index (Phi) is 6.20. The number of aliphatic hydroxyl groups is 1. The summed E-state index contributed by atoms with van der Waals surface area (Å²) in [5.74, 6) is -0.672. The molecule has 1 aliphatic rings. The van der Waals surface area contributed by atoms with Crippen LogP contribution < -0.4 is 5.32 Å². The lowest BCUT2D eigenvalue weighted by Crippen LogP contribution is -2.45. The number of aromatic nitrogens is 3. The molecule has 1 aromatic carbocycles. The molecule has 0 bridgehead atoms. The molecular weight excluding hydrogens is 443 g/mol. The summed E-state index contributed by atoms with van der Waals surface area (Å²) in [4.78, 5) is 25.5. The van der Waals surface area contributed by atoms with Gasteiger partial charge >= 0.3 is 5.97 Å². The van der Waals surface area contributed by atoms with E-state index in [-0.39, 0.29) is 11.9 Å². The van der Waals surface area contributed by atoms with Gasteiger partial charge in [-0.05, 0) is 54.9 Å². The number of thiazole rings is 1. The molecule has 2 aromatic heterocycles. The Balaban J connectivity index is 1.58. The van der Waals surface area contributed by atoms with E-state index in [1.54, 1.807) is 6.20 Å². The van der Waals surface area contributed by atoms with Crippen LogP contribution in [0.3, 0.4) is 0 Å². The molecule has 2 atom stereocenters. The predicted octanol–water partition coefficient (Wildman–Crippen LogP) is 4.98. The van der Waals surface area contributed by atoms with Crippen LogP contribution in [0.2, 0.25) is 0 Å². The highest BCUT2D eigenvalue weighted by Gasteiger charge is 2.49. The number of esters is 1. The standard InChI is InChI=1S/C24H27FN4O3S/c1-14-7-15(9-17(8-14)29-22-27-10-16(25)11-28-22)19-12-26-21(33-19)24(31)6-5-18(20(30)32-4)23(2,3)13-24/h7-12,18,31H,5-6,13H2,1-4H3,(H,27,28,29). The van der Waals surface area contributed by atoms with E-state index >= 15 is 0 Å². The number of hydrogen-bond acceptors (Lipinski definition) is 8. The van der Waals surface area contributed by atoms with Gasteiger partial charge in [-0.2, -0.15) is 0 Å². The molecule has 7 nitrogen and oxygen atoms in total. The van der Waals surface area contributed by atoms with Crippen molar-refractivity contribution in [2.45, 2.75) is 45.6 Å². The average Bonchev–Trinajstić information content (AvgIpc) is 3.25. The molecule has 3 aromatic rings. The molecule has 0 saturated heterocycles. The van der Waals surface area contributed by atoms with Gasteiger partial charge in [0.15, 0.2) is 5.82 Å². The van der Waals surface area contributed by atoms with E-state index in [1.165, 1.54) is 18.4 Å². The Bertz CT molecular complexity index is 1160. The van der Waals surface area contributed by atoms with E-state index in [4.69, 9.17) is 4.74 Å². The smallest absolute Gasteiger partial charge is 0.309 e. The minimum Gasteiger partial charge on any atom is -0.469 e. The van der Waals surface area contributed by atoms with E-state index in [0.29, 0.717) is 30.2 Å². The predicted molar refractivity (Wildman–Crippen MR) is 125 cm³/mol. The van der Waals surface area contributed by atoms with E-state index < -0.39 is 16.8 Å². The van der Waals surface area contributed by atoms with Crippen molar-refractivity contribution in [1.29, 1.82) is 0 Å². The second-order valence-electron chi connectivity index (χ2n) is 9.28. The summed E-state index contributed by atoms with van der Waals surface area (Å²) in [7, 11) is 1.40. The quantitative estimate of drug-likeness (QED) is 0.508. The number of ether oxygens (including phenoxy) is 1. The van der Waals surface area contributed by atoms with Crippen LogP contribution in [-0.2, 0) is 15.1 Å². The summed E-state index contributed by atoms with van der Waals surface area (Å²) in [6.45, 7) is 5.96. The summed E-state index contributed by atoms with van der Waals surface area (Å²) < 4.78 is 18.1. The Labute approximate surface area is 196 Å². The zero-order valence-electron chi connectivity index (χ0n) is 19.1. The highest BCUT2D eigenvalue weighted by molar-refractivity contribution is 7.15. The third kappa shape index (κ3) is 4.89. The number of nitrogens with one attached hydrogen (secondary N) is 1. The number of aryl methyl sites for hydroxylation is 1. The molecule has 33 heavy (non-hydrogen) atoms. The van der Waals surface area contributed by atoms with Crippen molar-refractivity contribution < 1.29 is 19.0 Å². The van der Waals surface area contributed by atoms with Crippen LogP contribution in [0.1, 0.15) is 43.7 Å². The van der Waals surface area contributed by atoms with Crippen molar-refractivity contribution in [1.82, 2.24) is 15.0 Å². The monoisotopic (exact) mass is 470 g/mol. The minimum absolute atomic E-state index is 0.230. The molecular formula is C24H27FN4O3S. The second-order valence-corrected chi connectivity index (χ2v) is 10.3. The van der Waals surface area contributed by atoms with E-state index in [0.717, 1.165) is 34.1 Å². The fourth-order valence-corrected chi connectivity index (χ4v) is 5.65. The van der Waals surface area contributed by atoms with Crippen LogP contribution in [0.15, 0.2) is 36.8 Å². The first kappa shape index (κ1) is 23.3. The van der Waals surface area contributed by atoms with Gasteiger partial charge in [0.05, 0.1) is 30.3 Å². The van der Waals surface area contributed by atoms with Crippen LogP contribution in [0.25, 0.3) is 10.4 Å². The van der Waals surface area contributed by atoms with E-state index in [2.05, 4.69) is 20.3 Å². The Morgan fingerprint density at radius 3 is 2.61 bits per heavy atom. The topological polar surface area (TPSA) is 97.2 Å². The molecule has 2 heterocycles. The molecule has 174 valence electrons. The van der Waals surface area contributed by atoms with Gasteiger partial charge in [0.25, 0.3) is 0 Å². The Morgan fingerprint density at radius 1 is 1.21 bits per heavy atom. The molecule has 0 aliphatic heterocycles. The molecule has 0 amide bonds. The largest absolute Gasteiger partial charge is 0.469 e. The summed E-state index contributed by atoms with van der Waals surface area (Å²) in [5, 5.41) is 15.2. The average molecular weight is 471 g/mol. The SMILES string of the molecule is COC(=O)C1CCC(O)(c2ncc(-c3cc(C)cc(Nc4ncc(F)cn4)c3)s2)CC1(C)C. The van der Waals surface area contributed by atoms with Gasteiger partial charge in [0.1, 0.15) is 10.6 Å². The van der Waals surface area contributed by atoms with Crippen LogP contribution in [0, 0.1) is 24.1 Å². The van der Waals surface area contributed by atoms with Crippen molar-refractivity contribution in [3.63, 3.8) is 0 Å². The molecule has 4 rings (SSSR count). The van der Waals surface area contributed by atoms with Crippen molar-refractivity contribution in [3.05, 3.63) is 53.2 Å². The molecule has 2 N–H and O–H groups in total. The molecule has 1 saturated carbocycles. The number of carbonyl (C=O) groups excluding carboxylic acids is 1. The van der Waals surface area contributed by atoms with Crippen LogP contribution in [-0.4, -0.2) is 33.1 Å². The highest BCUT2D eigenvalue weighted by Crippen LogP contribution is 2.51. The molecule has 0 spiro atoms. The fraction of sp³-hybridized carbons (Fsp3) is 0.417. The van der Waals surface area contributed by atoms with Crippen molar-refractivity contribution in [2.24, 2.45) is 11.3 Å². The number of hydrogen-bond donors (Lipinski definition) is 2. The molecule has 2 unspecified atom stereocenters. The zero-order valence-corrected chi connectivity index (χ0v) is 19.9. The maximum atomic E-state index is 13.1. The third-order valence-electron chi connectivity index (χ3n) is 6.17. The van der Waals surface area contributed by atoms with Gasteiger partial charge in [-0.15, -0.1) is 11.3 Å². The van der Waals surface area contributed by atoms with Gasteiger partial charge in [0, 0.05) is 11.9 Å². The first-order chi connectivity index (χ1) is 15.6. The number of nitrogens with zero attached hydrogens (tertiary/aromatic N) is 3. The normalized spacial score (nSPS) is 22.1. The number of anilines is 2. The molecule has 9 heteroatoms. The van der Waals surface area contributed by atoms with Gasteiger partial charge in [-0.25, -0.2) is 19.3 Å². The third-order valence-corrected chi connectivity index (χ3v) is 7.41. The number of carbonyl (C=O) groups is 1. The highest BCUT2D eigenvalue weighted by atomic mass is 32.1. The first-order valence-electron chi connectivity index (χ1n) is 10.7. The lowest BCUT2D eigenvalue weighted by Gasteiger charge is -2.44. The van der Waals surface area contributed by atoms with Gasteiger partial charge in [-0.1, -0.05) is 19.9 Å². The van der Waals surface area contributed by atoms with Crippen LogP contribution in [0.4, 0.5) is 16.0 Å². The zero-order chi connectivity index (χ0) is 23.8. The lowest BCUT2D eigenvalue weighted by atomic mass is 9.63. The van der Waals surface area contributed by atoms with E-state index in [1.807, 2.05) is 39.0 Å². The molecule has 0 radical (unpaired) electrons. The van der Waals surface area contributed by atoms with Crippen LogP contribution >= 0.6 is 11.3 Å². The van der Waals surface area contributed by atoms with Gasteiger partial charge in [0.2, 0.25) is 5.95 Å². The summed E-state index contributed by atoms with van der Waals surface area (Å²) in [6, 6.07) is 5.93.